The van der Waals surface area contributed by atoms with Crippen LogP contribution in [0.3, 0.4) is 0 Å². The van der Waals surface area contributed by atoms with Gasteiger partial charge in [-0.3, -0.25) is 4.79 Å². The number of nitrogens with two attached hydrogens (primary N) is 1. The van der Waals surface area contributed by atoms with Gasteiger partial charge in [0.25, 0.3) is 0 Å². The zero-order chi connectivity index (χ0) is 16.7. The Morgan fingerprint density at radius 1 is 1.13 bits per heavy atom. The van der Waals surface area contributed by atoms with Crippen LogP contribution in [0.15, 0.2) is 48.5 Å². The predicted octanol–water partition coefficient (Wildman–Crippen LogP) is 2.78. The summed E-state index contributed by atoms with van der Waals surface area (Å²) in [5.74, 6) is 0.526. The molecule has 0 saturated carbocycles. The molecule has 2 N–H and O–H groups in total. The Balaban J connectivity index is 2.14. The molecule has 5 heteroatoms. The first kappa shape index (κ1) is 16.8. The first-order valence-corrected chi connectivity index (χ1v) is 7.35. The third-order valence-corrected chi connectivity index (χ3v) is 3.15. The van der Waals surface area contributed by atoms with Gasteiger partial charge in [0.2, 0.25) is 5.91 Å². The summed E-state index contributed by atoms with van der Waals surface area (Å²) in [7, 11) is 1.61. The fraction of sp³-hybridized carbons (Fsp3) is 0.278. The largest absolute Gasteiger partial charge is 0.489 e. The Labute approximate surface area is 136 Å². The summed E-state index contributed by atoms with van der Waals surface area (Å²) in [6.45, 7) is 2.72. The van der Waals surface area contributed by atoms with Crippen LogP contribution in [0.1, 0.15) is 22.8 Å². The summed E-state index contributed by atoms with van der Waals surface area (Å²) in [6.07, 6.45) is -0.148. The van der Waals surface area contributed by atoms with E-state index in [9.17, 15) is 4.79 Å². The number of carbonyl (C=O) groups excluding carboxylic acids is 1. The monoisotopic (exact) mass is 315 g/mol. The van der Waals surface area contributed by atoms with E-state index < -0.39 is 5.91 Å². The molecule has 23 heavy (non-hydrogen) atoms. The van der Waals surface area contributed by atoms with Gasteiger partial charge >= 0.3 is 0 Å². The lowest BCUT2D eigenvalue weighted by Gasteiger charge is -2.16. The number of benzene rings is 2. The Hall–Kier alpha value is -2.53. The molecule has 0 heterocycles. The van der Waals surface area contributed by atoms with E-state index in [4.69, 9.17) is 19.9 Å². The van der Waals surface area contributed by atoms with Crippen LogP contribution >= 0.6 is 0 Å². The third kappa shape index (κ3) is 5.30. The highest BCUT2D eigenvalue weighted by Crippen LogP contribution is 2.24. The van der Waals surface area contributed by atoms with Gasteiger partial charge in [-0.1, -0.05) is 30.3 Å². The number of ether oxygens (including phenoxy) is 3. The zero-order valence-electron chi connectivity index (χ0n) is 13.3. The minimum Gasteiger partial charge on any atom is -0.489 e. The number of hydrogen-bond donors (Lipinski definition) is 1. The average Bonchev–Trinajstić information content (AvgIpc) is 2.54. The molecule has 0 bridgehead atoms. The van der Waals surface area contributed by atoms with E-state index in [-0.39, 0.29) is 6.10 Å². The van der Waals surface area contributed by atoms with Crippen LogP contribution in [0.2, 0.25) is 0 Å². The Kier molecular flexibility index (Phi) is 6.00. The zero-order valence-corrected chi connectivity index (χ0v) is 13.3. The Morgan fingerprint density at radius 3 is 2.48 bits per heavy atom. The Bertz CT molecular complexity index is 643. The van der Waals surface area contributed by atoms with Gasteiger partial charge in [0, 0.05) is 18.7 Å². The lowest BCUT2D eigenvalue weighted by Crippen LogP contribution is -2.18. The van der Waals surface area contributed by atoms with Gasteiger partial charge in [-0.05, 0) is 24.6 Å². The van der Waals surface area contributed by atoms with Crippen molar-refractivity contribution in [2.45, 2.75) is 19.6 Å². The molecule has 1 atom stereocenters. The van der Waals surface area contributed by atoms with Gasteiger partial charge in [-0.15, -0.1) is 0 Å². The quantitative estimate of drug-likeness (QED) is 0.813. The molecule has 1 unspecified atom stereocenters. The first-order chi connectivity index (χ1) is 11.1. The van der Waals surface area contributed by atoms with Crippen LogP contribution in [0.4, 0.5) is 0 Å². The summed E-state index contributed by atoms with van der Waals surface area (Å²) in [4.78, 5) is 11.5. The lowest BCUT2D eigenvalue weighted by molar-refractivity contribution is 0.0913. The fourth-order valence-corrected chi connectivity index (χ4v) is 2.11. The van der Waals surface area contributed by atoms with Crippen molar-refractivity contribution in [1.29, 1.82) is 0 Å². The summed E-state index contributed by atoms with van der Waals surface area (Å²) in [5.41, 5.74) is 6.75. The summed E-state index contributed by atoms with van der Waals surface area (Å²) < 4.78 is 16.5. The highest BCUT2D eigenvalue weighted by atomic mass is 16.5. The minimum atomic E-state index is -0.528. The topological polar surface area (TPSA) is 70.8 Å². The highest BCUT2D eigenvalue weighted by molar-refractivity contribution is 5.93. The molecular weight excluding hydrogens is 294 g/mol. The molecular formula is C18H21NO4. The van der Waals surface area contributed by atoms with Gasteiger partial charge in [-0.25, -0.2) is 0 Å². The van der Waals surface area contributed by atoms with Crippen LogP contribution < -0.4 is 15.2 Å². The molecule has 0 aliphatic carbocycles. The summed E-state index contributed by atoms with van der Waals surface area (Å²) in [6, 6.07) is 14.7. The number of primary amides is 1. The number of hydrogen-bond acceptors (Lipinski definition) is 4. The maximum absolute atomic E-state index is 11.5. The molecule has 0 aromatic heterocycles. The molecule has 0 aliphatic rings. The molecule has 1 amide bonds. The highest BCUT2D eigenvalue weighted by Gasteiger charge is 2.10. The number of amides is 1. The fourth-order valence-electron chi connectivity index (χ4n) is 2.11. The van der Waals surface area contributed by atoms with Gasteiger partial charge in [0.05, 0.1) is 6.61 Å². The van der Waals surface area contributed by atoms with Crippen molar-refractivity contribution in [3.63, 3.8) is 0 Å². The van der Waals surface area contributed by atoms with E-state index in [1.54, 1.807) is 25.3 Å². The lowest BCUT2D eigenvalue weighted by atomic mass is 10.2. The number of rotatable bonds is 8. The van der Waals surface area contributed by atoms with E-state index in [2.05, 4.69) is 0 Å². The van der Waals surface area contributed by atoms with Crippen molar-refractivity contribution in [2.24, 2.45) is 5.73 Å². The van der Waals surface area contributed by atoms with Crippen molar-refractivity contribution in [3.8, 4) is 11.5 Å². The molecule has 0 saturated heterocycles. The maximum Gasteiger partial charge on any atom is 0.248 e. The molecule has 122 valence electrons. The van der Waals surface area contributed by atoms with Crippen molar-refractivity contribution in [3.05, 3.63) is 59.7 Å². The SMILES string of the molecule is COCC(C)Oc1cc(OCc2ccccc2)cc(C(N)=O)c1. The second kappa shape index (κ2) is 8.19. The van der Waals surface area contributed by atoms with Crippen LogP contribution in [-0.4, -0.2) is 25.7 Å². The van der Waals surface area contributed by atoms with Crippen LogP contribution in [0, 0.1) is 0 Å². The van der Waals surface area contributed by atoms with E-state index in [1.165, 1.54) is 0 Å². The molecule has 2 aromatic rings. The van der Waals surface area contributed by atoms with Gasteiger partial charge < -0.3 is 19.9 Å². The van der Waals surface area contributed by atoms with E-state index in [0.29, 0.717) is 30.3 Å². The smallest absolute Gasteiger partial charge is 0.248 e. The average molecular weight is 315 g/mol. The molecule has 0 radical (unpaired) electrons. The minimum absolute atomic E-state index is 0.148. The maximum atomic E-state index is 11.5. The van der Waals surface area contributed by atoms with Crippen molar-refractivity contribution in [1.82, 2.24) is 0 Å². The standard InChI is InChI=1S/C18H21NO4/c1-13(11-21-2)23-17-9-15(18(19)20)8-16(10-17)22-12-14-6-4-3-5-7-14/h3-10,13H,11-12H2,1-2H3,(H2,19,20). The molecule has 2 aromatic carbocycles. The van der Waals surface area contributed by atoms with Crippen molar-refractivity contribution >= 4 is 5.91 Å². The molecule has 2 rings (SSSR count). The van der Waals surface area contributed by atoms with Crippen LogP contribution in [0.5, 0.6) is 11.5 Å². The predicted molar refractivity (Wildman–Crippen MR) is 87.7 cm³/mol. The van der Waals surface area contributed by atoms with E-state index >= 15 is 0 Å². The Morgan fingerprint density at radius 2 is 1.83 bits per heavy atom. The van der Waals surface area contributed by atoms with Crippen molar-refractivity contribution in [2.75, 3.05) is 13.7 Å². The van der Waals surface area contributed by atoms with Gasteiger partial charge in [0.15, 0.2) is 0 Å². The molecule has 0 fully saturated rings. The molecule has 5 nitrogen and oxygen atoms in total. The summed E-state index contributed by atoms with van der Waals surface area (Å²) in [5, 5.41) is 0. The van der Waals surface area contributed by atoms with E-state index in [1.807, 2.05) is 37.3 Å². The van der Waals surface area contributed by atoms with Crippen LogP contribution in [-0.2, 0) is 11.3 Å². The number of carbonyl (C=O) groups is 1. The van der Waals surface area contributed by atoms with Crippen LogP contribution in [0.25, 0.3) is 0 Å². The van der Waals surface area contributed by atoms with Gasteiger partial charge in [-0.2, -0.15) is 0 Å². The van der Waals surface area contributed by atoms with Crippen molar-refractivity contribution < 1.29 is 19.0 Å². The third-order valence-electron chi connectivity index (χ3n) is 3.15. The second-order valence-electron chi connectivity index (χ2n) is 5.22. The van der Waals surface area contributed by atoms with Gasteiger partial charge in [0.1, 0.15) is 24.2 Å². The second-order valence-corrected chi connectivity index (χ2v) is 5.22. The number of methoxy groups -OCH3 is 1. The normalized spacial score (nSPS) is 11.7. The van der Waals surface area contributed by atoms with E-state index in [0.717, 1.165) is 5.56 Å². The molecule has 0 spiro atoms. The summed E-state index contributed by atoms with van der Waals surface area (Å²) >= 11 is 0. The first-order valence-electron chi connectivity index (χ1n) is 7.35. The molecule has 0 aliphatic heterocycles.